The Kier molecular flexibility index (Phi) is 5.23. The molecule has 0 atom stereocenters. The molecule has 0 aliphatic rings. The summed E-state index contributed by atoms with van der Waals surface area (Å²) >= 11 is 0. The van der Waals surface area contributed by atoms with Crippen LogP contribution in [-0.4, -0.2) is 33.6 Å². The molecule has 0 fully saturated rings. The van der Waals surface area contributed by atoms with Crippen LogP contribution in [0.25, 0.3) is 5.65 Å². The predicted molar refractivity (Wildman–Crippen MR) is 103 cm³/mol. The number of amides is 1. The van der Waals surface area contributed by atoms with Crippen molar-refractivity contribution in [2.75, 3.05) is 18.5 Å². The third-order valence-corrected chi connectivity index (χ3v) is 4.44. The van der Waals surface area contributed by atoms with Crippen LogP contribution < -0.4 is 10.6 Å². The van der Waals surface area contributed by atoms with Crippen molar-refractivity contribution in [2.45, 2.75) is 27.3 Å². The number of carbonyl (C=O) groups is 1. The van der Waals surface area contributed by atoms with Crippen molar-refractivity contribution in [3.63, 3.8) is 0 Å². The van der Waals surface area contributed by atoms with E-state index in [1.165, 1.54) is 16.7 Å². The molecule has 6 nitrogen and oxygen atoms in total. The zero-order valence-corrected chi connectivity index (χ0v) is 15.3. The van der Waals surface area contributed by atoms with Gasteiger partial charge in [0.2, 0.25) is 0 Å². The Balaban J connectivity index is 1.94. The van der Waals surface area contributed by atoms with Gasteiger partial charge in [-0.1, -0.05) is 18.2 Å². The number of carbonyl (C=O) groups excluding carboxylic acids is 1. The summed E-state index contributed by atoms with van der Waals surface area (Å²) in [5.41, 5.74) is 5.81. The van der Waals surface area contributed by atoms with Gasteiger partial charge < -0.3 is 15.7 Å². The Morgan fingerprint density at radius 1 is 1.19 bits per heavy atom. The molecule has 136 valence electrons. The maximum atomic E-state index is 12.3. The molecule has 0 radical (unpaired) electrons. The van der Waals surface area contributed by atoms with Gasteiger partial charge in [0.05, 0.1) is 12.3 Å². The van der Waals surface area contributed by atoms with E-state index in [-0.39, 0.29) is 19.1 Å². The second kappa shape index (κ2) is 7.58. The molecule has 3 aromatic rings. The van der Waals surface area contributed by atoms with E-state index in [0.717, 1.165) is 11.5 Å². The van der Waals surface area contributed by atoms with E-state index in [0.29, 0.717) is 17.8 Å². The largest absolute Gasteiger partial charge is 0.395 e. The molecule has 1 aromatic carbocycles. The maximum Gasteiger partial charge on any atom is 0.251 e. The molecule has 1 amide bonds. The minimum atomic E-state index is -0.225. The number of imidazole rings is 1. The van der Waals surface area contributed by atoms with Gasteiger partial charge >= 0.3 is 0 Å². The Morgan fingerprint density at radius 2 is 1.92 bits per heavy atom. The number of hydrogen-bond donors (Lipinski definition) is 3. The van der Waals surface area contributed by atoms with E-state index in [9.17, 15) is 4.79 Å². The van der Waals surface area contributed by atoms with Gasteiger partial charge in [0.15, 0.2) is 0 Å². The number of aromatic nitrogens is 2. The molecule has 0 saturated heterocycles. The van der Waals surface area contributed by atoms with E-state index in [4.69, 9.17) is 5.11 Å². The Hall–Kier alpha value is -2.86. The minimum absolute atomic E-state index is 0.0891. The number of rotatable bonds is 6. The first-order valence-corrected chi connectivity index (χ1v) is 8.67. The van der Waals surface area contributed by atoms with Crippen LogP contribution >= 0.6 is 0 Å². The number of fused-ring (bicyclic) bond motifs is 1. The van der Waals surface area contributed by atoms with Crippen LogP contribution in [0.4, 0.5) is 5.82 Å². The second-order valence-corrected chi connectivity index (χ2v) is 6.44. The molecule has 0 aliphatic carbocycles. The van der Waals surface area contributed by atoms with E-state index in [2.05, 4.69) is 47.7 Å². The fraction of sp³-hybridized carbons (Fsp3) is 0.300. The summed E-state index contributed by atoms with van der Waals surface area (Å²) in [5, 5.41) is 15.0. The SMILES string of the molecule is Cc1cn2c(NCc3c(C)cccc3C)cc(C(=O)NCCO)cc2n1. The van der Waals surface area contributed by atoms with Gasteiger partial charge in [-0.2, -0.15) is 0 Å². The summed E-state index contributed by atoms with van der Waals surface area (Å²) in [7, 11) is 0. The Labute approximate surface area is 152 Å². The van der Waals surface area contributed by atoms with Crippen molar-refractivity contribution in [1.29, 1.82) is 0 Å². The minimum Gasteiger partial charge on any atom is -0.395 e. The highest BCUT2D eigenvalue weighted by Crippen LogP contribution is 2.20. The van der Waals surface area contributed by atoms with E-state index >= 15 is 0 Å². The standard InChI is InChI=1S/C20H24N4O2/c1-13-5-4-6-14(2)17(13)11-22-18-9-16(20(26)21-7-8-25)10-19-23-15(3)12-24(18)19/h4-6,9-10,12,22,25H,7-8,11H2,1-3H3,(H,21,26). The summed E-state index contributed by atoms with van der Waals surface area (Å²) < 4.78 is 1.95. The van der Waals surface area contributed by atoms with Gasteiger partial charge in [0.1, 0.15) is 11.5 Å². The van der Waals surface area contributed by atoms with Crippen LogP contribution in [0.15, 0.2) is 36.5 Å². The van der Waals surface area contributed by atoms with E-state index in [1.807, 2.05) is 23.6 Å². The zero-order valence-electron chi connectivity index (χ0n) is 15.3. The fourth-order valence-corrected chi connectivity index (χ4v) is 3.05. The number of hydrogen-bond acceptors (Lipinski definition) is 4. The van der Waals surface area contributed by atoms with E-state index < -0.39 is 0 Å². The molecule has 0 spiro atoms. The summed E-state index contributed by atoms with van der Waals surface area (Å²) in [6.45, 7) is 6.91. The van der Waals surface area contributed by atoms with Crippen LogP contribution in [0.3, 0.4) is 0 Å². The number of nitrogens with zero attached hydrogens (tertiary/aromatic N) is 2. The summed E-state index contributed by atoms with van der Waals surface area (Å²) in [6, 6.07) is 9.81. The molecule has 2 heterocycles. The van der Waals surface area contributed by atoms with Crippen molar-refractivity contribution in [3.05, 3.63) is 64.5 Å². The molecule has 6 heteroatoms. The molecule has 3 N–H and O–H groups in total. The number of benzene rings is 1. The Bertz CT molecular complexity index is 926. The van der Waals surface area contributed by atoms with Gasteiger partial charge in [0.25, 0.3) is 5.91 Å². The first-order chi connectivity index (χ1) is 12.5. The number of aliphatic hydroxyl groups is 1. The molecular formula is C20H24N4O2. The molecular weight excluding hydrogens is 328 g/mol. The first-order valence-electron chi connectivity index (χ1n) is 8.67. The third-order valence-electron chi connectivity index (χ3n) is 4.44. The topological polar surface area (TPSA) is 78.7 Å². The lowest BCUT2D eigenvalue weighted by Gasteiger charge is -2.14. The van der Waals surface area contributed by atoms with Crippen molar-refractivity contribution in [3.8, 4) is 0 Å². The smallest absolute Gasteiger partial charge is 0.251 e. The molecule has 0 saturated carbocycles. The number of pyridine rings is 1. The summed E-state index contributed by atoms with van der Waals surface area (Å²) in [4.78, 5) is 16.8. The average molecular weight is 352 g/mol. The summed E-state index contributed by atoms with van der Waals surface area (Å²) in [6.07, 6.45) is 1.94. The highest BCUT2D eigenvalue weighted by Gasteiger charge is 2.12. The lowest BCUT2D eigenvalue weighted by atomic mass is 10.0. The van der Waals surface area contributed by atoms with Gasteiger partial charge in [-0.25, -0.2) is 4.98 Å². The number of anilines is 1. The number of nitrogens with one attached hydrogen (secondary N) is 2. The lowest BCUT2D eigenvalue weighted by Crippen LogP contribution is -2.26. The lowest BCUT2D eigenvalue weighted by molar-refractivity contribution is 0.0945. The average Bonchev–Trinajstić information content (AvgIpc) is 2.99. The van der Waals surface area contributed by atoms with E-state index in [1.54, 1.807) is 6.07 Å². The monoisotopic (exact) mass is 352 g/mol. The van der Waals surface area contributed by atoms with Crippen LogP contribution in [-0.2, 0) is 6.54 Å². The predicted octanol–water partition coefficient (Wildman–Crippen LogP) is 2.59. The number of aryl methyl sites for hydroxylation is 3. The zero-order chi connectivity index (χ0) is 18.7. The Morgan fingerprint density at radius 3 is 2.62 bits per heavy atom. The van der Waals surface area contributed by atoms with Crippen molar-refractivity contribution in [1.82, 2.24) is 14.7 Å². The van der Waals surface area contributed by atoms with Crippen molar-refractivity contribution in [2.24, 2.45) is 0 Å². The molecule has 0 aliphatic heterocycles. The molecule has 0 unspecified atom stereocenters. The van der Waals surface area contributed by atoms with Crippen molar-refractivity contribution >= 4 is 17.4 Å². The fourth-order valence-electron chi connectivity index (χ4n) is 3.05. The molecule has 3 rings (SSSR count). The molecule has 2 aromatic heterocycles. The molecule has 26 heavy (non-hydrogen) atoms. The number of aliphatic hydroxyl groups excluding tert-OH is 1. The normalized spacial score (nSPS) is 10.9. The van der Waals surface area contributed by atoms with Crippen LogP contribution in [0.1, 0.15) is 32.7 Å². The van der Waals surface area contributed by atoms with Crippen LogP contribution in [0, 0.1) is 20.8 Å². The van der Waals surface area contributed by atoms with Gasteiger partial charge in [-0.3, -0.25) is 9.20 Å². The van der Waals surface area contributed by atoms with Gasteiger partial charge in [0, 0.05) is 24.8 Å². The quantitative estimate of drug-likeness (QED) is 0.637. The van der Waals surface area contributed by atoms with Crippen LogP contribution in [0.5, 0.6) is 0 Å². The first kappa shape index (κ1) is 17.9. The second-order valence-electron chi connectivity index (χ2n) is 6.44. The van der Waals surface area contributed by atoms with Gasteiger partial charge in [-0.05, 0) is 49.6 Å². The summed E-state index contributed by atoms with van der Waals surface area (Å²) in [5.74, 6) is 0.581. The highest BCUT2D eigenvalue weighted by atomic mass is 16.3. The maximum absolute atomic E-state index is 12.3. The van der Waals surface area contributed by atoms with Gasteiger partial charge in [-0.15, -0.1) is 0 Å². The molecule has 0 bridgehead atoms. The van der Waals surface area contributed by atoms with Crippen LogP contribution in [0.2, 0.25) is 0 Å². The third kappa shape index (κ3) is 3.70. The highest BCUT2D eigenvalue weighted by molar-refractivity contribution is 5.96. The van der Waals surface area contributed by atoms with Crippen molar-refractivity contribution < 1.29 is 9.90 Å².